The highest BCUT2D eigenvalue weighted by Crippen LogP contribution is 2.37. The summed E-state index contributed by atoms with van der Waals surface area (Å²) in [6, 6.07) is 7.03. The number of hydrogen-bond donors (Lipinski definition) is 1. The predicted octanol–water partition coefficient (Wildman–Crippen LogP) is 5.57. The van der Waals surface area contributed by atoms with Crippen molar-refractivity contribution in [1.29, 1.82) is 0 Å². The molecule has 3 aromatic heterocycles. The standard InChI is InChI=1S/C35H37Cl2F3N10O5/c1-34(2,3)55-33(54)49-11-9-20(10-12-49)31(52)47-13-15-48(16-14-47)32(53)22-6-5-21(17-24(22)36)42-30(51)29-41-18-25(46(29)4)23-19-50(45-28(23)35(38,39)40)27-8-7-26(37)43-44-27/h5-8,17-20H,9-16H2,1-4H3,(H,42,51). The second-order valence-corrected chi connectivity index (χ2v) is 14.9. The van der Waals surface area contributed by atoms with Gasteiger partial charge in [0, 0.05) is 64.1 Å². The topological polar surface area (TPSA) is 161 Å². The van der Waals surface area contributed by atoms with Gasteiger partial charge in [-0.1, -0.05) is 23.2 Å². The number of nitrogens with one attached hydrogen (secondary N) is 1. The summed E-state index contributed by atoms with van der Waals surface area (Å²) in [4.78, 5) is 61.4. The van der Waals surface area contributed by atoms with Crippen molar-refractivity contribution < 1.29 is 37.1 Å². The molecule has 0 unspecified atom stereocenters. The number of halogens is 5. The lowest BCUT2D eigenvalue weighted by Crippen LogP contribution is -2.53. The van der Waals surface area contributed by atoms with Gasteiger partial charge in [0.2, 0.25) is 5.91 Å². The number of imidazole rings is 1. The van der Waals surface area contributed by atoms with Gasteiger partial charge in [-0.25, -0.2) is 14.5 Å². The van der Waals surface area contributed by atoms with Crippen molar-refractivity contribution >= 4 is 52.7 Å². The average Bonchev–Trinajstić information content (AvgIpc) is 3.75. The fourth-order valence-corrected chi connectivity index (χ4v) is 6.70. The molecule has 0 aliphatic carbocycles. The molecule has 2 aliphatic heterocycles. The molecule has 4 amide bonds. The molecule has 0 bridgehead atoms. The van der Waals surface area contributed by atoms with Gasteiger partial charge in [-0.05, 0) is 63.9 Å². The molecule has 2 saturated heterocycles. The van der Waals surface area contributed by atoms with Gasteiger partial charge in [-0.2, -0.15) is 18.3 Å². The lowest BCUT2D eigenvalue weighted by Gasteiger charge is -2.38. The fourth-order valence-electron chi connectivity index (χ4n) is 6.34. The molecule has 4 aromatic rings. The minimum atomic E-state index is -4.85. The van der Waals surface area contributed by atoms with Crippen LogP contribution in [-0.2, 0) is 22.8 Å². The highest BCUT2D eigenvalue weighted by Gasteiger charge is 2.39. The first-order valence-electron chi connectivity index (χ1n) is 17.2. The molecule has 20 heteroatoms. The zero-order valence-electron chi connectivity index (χ0n) is 30.2. The molecule has 15 nitrogen and oxygen atoms in total. The van der Waals surface area contributed by atoms with E-state index in [1.165, 1.54) is 41.9 Å². The van der Waals surface area contributed by atoms with Crippen molar-refractivity contribution in [2.24, 2.45) is 13.0 Å². The number of benzene rings is 1. The van der Waals surface area contributed by atoms with Crippen molar-refractivity contribution in [3.63, 3.8) is 0 Å². The van der Waals surface area contributed by atoms with E-state index in [1.54, 1.807) is 35.5 Å². The molecule has 6 rings (SSSR count). The highest BCUT2D eigenvalue weighted by atomic mass is 35.5. The van der Waals surface area contributed by atoms with Crippen molar-refractivity contribution in [2.75, 3.05) is 44.6 Å². The smallest absolute Gasteiger partial charge is 0.435 e. The molecule has 292 valence electrons. The van der Waals surface area contributed by atoms with E-state index >= 15 is 0 Å². The Kier molecular flexibility index (Phi) is 11.1. The number of carbonyl (C=O) groups is 4. The number of nitrogens with zero attached hydrogens (tertiary/aromatic N) is 9. The molecule has 55 heavy (non-hydrogen) atoms. The molecule has 0 radical (unpaired) electrons. The number of aromatic nitrogens is 6. The number of amides is 4. The first-order chi connectivity index (χ1) is 25.9. The molecule has 1 aromatic carbocycles. The number of alkyl halides is 3. The maximum Gasteiger partial charge on any atom is 0.435 e. The highest BCUT2D eigenvalue weighted by molar-refractivity contribution is 6.34. The average molecular weight is 806 g/mol. The van der Waals surface area contributed by atoms with Gasteiger partial charge in [0.15, 0.2) is 22.5 Å². The summed E-state index contributed by atoms with van der Waals surface area (Å²) in [6.45, 7) is 7.54. The molecule has 5 heterocycles. The minimum Gasteiger partial charge on any atom is -0.444 e. The quantitative estimate of drug-likeness (QED) is 0.263. The first-order valence-corrected chi connectivity index (χ1v) is 18.0. The molecule has 2 fully saturated rings. The van der Waals surface area contributed by atoms with Gasteiger partial charge in [0.05, 0.1) is 28.0 Å². The third-order valence-electron chi connectivity index (χ3n) is 9.13. The number of likely N-dealkylation sites (tertiary alicyclic amines) is 1. The minimum absolute atomic E-state index is 0.00227. The van der Waals surface area contributed by atoms with Crippen LogP contribution < -0.4 is 5.32 Å². The summed E-state index contributed by atoms with van der Waals surface area (Å²) in [5.74, 6) is -1.54. The van der Waals surface area contributed by atoms with E-state index in [0.717, 1.165) is 17.1 Å². The van der Waals surface area contributed by atoms with Crippen molar-refractivity contribution in [3.05, 3.63) is 70.0 Å². The Morgan fingerprint density at radius 2 is 1.56 bits per heavy atom. The summed E-state index contributed by atoms with van der Waals surface area (Å²) in [6.07, 6.45) is -1.95. The van der Waals surface area contributed by atoms with Crippen LogP contribution in [0.4, 0.5) is 23.7 Å². The Balaban J connectivity index is 1.06. The second-order valence-electron chi connectivity index (χ2n) is 14.1. The van der Waals surface area contributed by atoms with Crippen LogP contribution in [0.5, 0.6) is 0 Å². The molecular formula is C35H37Cl2F3N10O5. The van der Waals surface area contributed by atoms with E-state index in [-0.39, 0.29) is 68.2 Å². The summed E-state index contributed by atoms with van der Waals surface area (Å²) < 4.78 is 49.6. The van der Waals surface area contributed by atoms with Gasteiger partial charge >= 0.3 is 12.3 Å². The Labute approximate surface area is 323 Å². The lowest BCUT2D eigenvalue weighted by atomic mass is 9.95. The largest absolute Gasteiger partial charge is 0.444 e. The van der Waals surface area contributed by atoms with Crippen LogP contribution in [0.3, 0.4) is 0 Å². The number of anilines is 1. The summed E-state index contributed by atoms with van der Waals surface area (Å²) >= 11 is 12.3. The monoisotopic (exact) mass is 804 g/mol. The maximum atomic E-state index is 14.0. The third-order valence-corrected chi connectivity index (χ3v) is 9.65. The van der Waals surface area contributed by atoms with E-state index in [9.17, 15) is 32.3 Å². The molecule has 0 atom stereocenters. The summed E-state index contributed by atoms with van der Waals surface area (Å²) in [5, 5.41) is 13.8. The number of piperazine rings is 1. The number of rotatable bonds is 6. The van der Waals surface area contributed by atoms with Gasteiger partial charge in [0.25, 0.3) is 11.8 Å². The van der Waals surface area contributed by atoms with E-state index in [4.69, 9.17) is 27.9 Å². The van der Waals surface area contributed by atoms with Crippen LogP contribution >= 0.6 is 23.2 Å². The molecule has 2 aliphatic rings. The van der Waals surface area contributed by atoms with Crippen LogP contribution in [0.15, 0.2) is 42.7 Å². The van der Waals surface area contributed by atoms with Crippen LogP contribution in [0.1, 0.15) is 60.3 Å². The molecule has 0 saturated carbocycles. The van der Waals surface area contributed by atoms with E-state index in [1.807, 2.05) is 0 Å². The van der Waals surface area contributed by atoms with Gasteiger partial charge < -0.3 is 29.3 Å². The zero-order valence-corrected chi connectivity index (χ0v) is 31.7. The van der Waals surface area contributed by atoms with E-state index in [2.05, 4.69) is 25.6 Å². The van der Waals surface area contributed by atoms with Crippen molar-refractivity contribution in [1.82, 2.24) is 44.2 Å². The Morgan fingerprint density at radius 1 is 0.891 bits per heavy atom. The van der Waals surface area contributed by atoms with E-state index in [0.29, 0.717) is 52.1 Å². The Morgan fingerprint density at radius 3 is 2.16 bits per heavy atom. The summed E-state index contributed by atoms with van der Waals surface area (Å²) in [7, 11) is 1.38. The van der Waals surface area contributed by atoms with Crippen LogP contribution in [0.2, 0.25) is 10.2 Å². The SMILES string of the molecule is Cn1c(-c2cn(-c3ccc(Cl)nn3)nc2C(F)(F)F)cnc1C(=O)Nc1ccc(C(=O)N2CCN(C(=O)C3CCN(C(=O)OC(C)(C)C)CC3)CC2)c(Cl)c1. The number of ether oxygens (including phenoxy) is 1. The number of carbonyl (C=O) groups excluding carboxylic acids is 4. The van der Waals surface area contributed by atoms with Crippen molar-refractivity contribution in [3.8, 4) is 17.1 Å². The zero-order chi connectivity index (χ0) is 39.8. The van der Waals surface area contributed by atoms with Gasteiger partial charge in [-0.15, -0.1) is 10.2 Å². The van der Waals surface area contributed by atoms with Gasteiger partial charge in [0.1, 0.15) is 5.60 Å². The Hall–Kier alpha value is -5.23. The molecular weight excluding hydrogens is 768 g/mol. The predicted molar refractivity (Wildman–Crippen MR) is 194 cm³/mol. The Bertz CT molecular complexity index is 2100. The second kappa shape index (κ2) is 15.5. The fraction of sp³-hybridized carbons (Fsp3) is 0.429. The van der Waals surface area contributed by atoms with Gasteiger partial charge in [-0.3, -0.25) is 14.4 Å². The maximum absolute atomic E-state index is 14.0. The number of hydrogen-bond acceptors (Lipinski definition) is 9. The lowest BCUT2D eigenvalue weighted by molar-refractivity contribution is -0.141. The van der Waals surface area contributed by atoms with Crippen LogP contribution in [0, 0.1) is 5.92 Å². The van der Waals surface area contributed by atoms with Crippen LogP contribution in [-0.4, -0.2) is 113 Å². The third kappa shape index (κ3) is 8.85. The van der Waals surface area contributed by atoms with Crippen LogP contribution in [0.25, 0.3) is 17.1 Å². The molecule has 1 N–H and O–H groups in total. The van der Waals surface area contributed by atoms with Crippen molar-refractivity contribution in [2.45, 2.75) is 45.4 Å². The normalized spacial score (nSPS) is 15.6. The first kappa shape index (κ1) is 39.5. The molecule has 0 spiro atoms. The summed E-state index contributed by atoms with van der Waals surface area (Å²) in [5.41, 5.74) is -1.82. The number of piperidine rings is 1. The van der Waals surface area contributed by atoms with E-state index < -0.39 is 23.4 Å².